The van der Waals surface area contributed by atoms with Gasteiger partial charge in [-0.15, -0.1) is 0 Å². The zero-order valence-corrected chi connectivity index (χ0v) is 18.8. The molecule has 0 saturated carbocycles. The Hall–Kier alpha value is -3.14. The van der Waals surface area contributed by atoms with E-state index in [1.165, 1.54) is 30.3 Å². The molecule has 2 atom stereocenters. The Balaban J connectivity index is 1.57. The highest BCUT2D eigenvalue weighted by Gasteiger charge is 2.48. The molecule has 2 unspecified atom stereocenters. The van der Waals surface area contributed by atoms with Crippen molar-refractivity contribution in [3.63, 3.8) is 0 Å². The Morgan fingerprint density at radius 2 is 1.83 bits per heavy atom. The van der Waals surface area contributed by atoms with Crippen LogP contribution < -0.4 is 10.6 Å². The van der Waals surface area contributed by atoms with E-state index in [0.29, 0.717) is 0 Å². The molecule has 4 rings (SSSR count). The van der Waals surface area contributed by atoms with Gasteiger partial charge in [0.05, 0.1) is 15.7 Å². The van der Waals surface area contributed by atoms with Crippen molar-refractivity contribution in [3.8, 4) is 0 Å². The molecule has 2 aliphatic rings. The van der Waals surface area contributed by atoms with Crippen molar-refractivity contribution < 1.29 is 28.0 Å². The van der Waals surface area contributed by atoms with Crippen LogP contribution in [0.15, 0.2) is 42.5 Å². The molecule has 4 amide bonds. The van der Waals surface area contributed by atoms with Crippen LogP contribution in [0.25, 0.3) is 0 Å². The van der Waals surface area contributed by atoms with Gasteiger partial charge in [0.2, 0.25) is 11.8 Å². The number of nitrogens with zero attached hydrogens (tertiary/aromatic N) is 1. The van der Waals surface area contributed by atoms with Gasteiger partial charge >= 0.3 is 5.92 Å². The zero-order valence-electron chi connectivity index (χ0n) is 18.1. The average molecular weight is 491 g/mol. The normalized spacial score (nSPS) is 20.3. The molecule has 172 valence electrons. The van der Waals surface area contributed by atoms with Crippen LogP contribution in [0.5, 0.6) is 0 Å². The Morgan fingerprint density at radius 3 is 2.46 bits per heavy atom. The minimum absolute atomic E-state index is 0.00337. The van der Waals surface area contributed by atoms with Crippen LogP contribution in [0.2, 0.25) is 5.02 Å². The van der Waals surface area contributed by atoms with Crippen LogP contribution in [0, 0.1) is 0 Å². The fourth-order valence-electron chi connectivity index (χ4n) is 4.13. The molecule has 0 spiro atoms. The van der Waals surface area contributed by atoms with E-state index >= 15 is 0 Å². The van der Waals surface area contributed by atoms with Gasteiger partial charge in [-0.1, -0.05) is 35.9 Å². The number of hydrogen-bond acceptors (Lipinski definition) is 4. The lowest BCUT2D eigenvalue weighted by molar-refractivity contribution is -0.147. The molecule has 1 fully saturated rings. The molecule has 1 saturated heterocycles. The third-order valence-electron chi connectivity index (χ3n) is 5.98. The summed E-state index contributed by atoms with van der Waals surface area (Å²) in [5, 5.41) is 2.46. The third kappa shape index (κ3) is 4.35. The molecule has 13 heteroatoms. The number of piperidine rings is 1. The standard InChI is InChI=1S/C22H15B3ClF2N3O4/c23-17(30-20(35)21(27,28)11-2-4-12(26)5-3-11)10-1-6-13-14(9-10)22(24,25)31(19(13)34)15-7-8-16(32)29-18(15)33/h1-6,9,15,17H,7-8H2,(H,30,35)(H,29,32,33). The predicted octanol–water partition coefficient (Wildman–Crippen LogP) is 1.12. The summed E-state index contributed by atoms with van der Waals surface area (Å²) < 4.78 is 29.2. The molecular formula is C22H15B3ClF2N3O4. The minimum Gasteiger partial charge on any atom is -0.352 e. The minimum atomic E-state index is -3.90. The highest BCUT2D eigenvalue weighted by atomic mass is 35.5. The van der Waals surface area contributed by atoms with Gasteiger partial charge in [-0.3, -0.25) is 24.5 Å². The number of benzene rings is 2. The van der Waals surface area contributed by atoms with E-state index in [2.05, 4.69) is 5.32 Å². The highest BCUT2D eigenvalue weighted by Crippen LogP contribution is 2.39. The third-order valence-corrected chi connectivity index (χ3v) is 6.23. The largest absolute Gasteiger partial charge is 0.352 e. The Kier molecular flexibility index (Phi) is 6.29. The molecule has 2 N–H and O–H groups in total. The van der Waals surface area contributed by atoms with Gasteiger partial charge in [-0.25, -0.2) is 0 Å². The Labute approximate surface area is 208 Å². The van der Waals surface area contributed by atoms with E-state index in [4.69, 9.17) is 35.1 Å². The summed E-state index contributed by atoms with van der Waals surface area (Å²) in [5.41, 5.74) is -0.275. The van der Waals surface area contributed by atoms with Crippen molar-refractivity contribution in [2.24, 2.45) is 0 Å². The maximum absolute atomic E-state index is 14.6. The van der Waals surface area contributed by atoms with Crippen LogP contribution in [-0.2, 0) is 25.6 Å². The molecule has 6 radical (unpaired) electrons. The topological polar surface area (TPSA) is 95.6 Å². The molecule has 2 aromatic carbocycles. The maximum Gasteiger partial charge on any atom is 0.349 e. The number of nitrogens with one attached hydrogen (secondary N) is 2. The van der Waals surface area contributed by atoms with Crippen molar-refractivity contribution in [2.45, 2.75) is 36.1 Å². The summed E-state index contributed by atoms with van der Waals surface area (Å²) in [4.78, 5) is 50.1. The van der Waals surface area contributed by atoms with Crippen LogP contribution in [0.4, 0.5) is 8.78 Å². The van der Waals surface area contributed by atoms with Crippen LogP contribution in [0.3, 0.4) is 0 Å². The van der Waals surface area contributed by atoms with E-state index in [1.807, 2.05) is 5.32 Å². The maximum atomic E-state index is 14.6. The number of carbonyl (C=O) groups excluding carboxylic acids is 4. The summed E-state index contributed by atoms with van der Waals surface area (Å²) in [6.07, 6.45) is 0.0271. The number of alkyl halides is 2. The molecule has 2 heterocycles. The average Bonchev–Trinajstić information content (AvgIpc) is 2.99. The molecule has 0 aliphatic carbocycles. The summed E-state index contributed by atoms with van der Waals surface area (Å²) in [6.45, 7) is 0. The second kappa shape index (κ2) is 8.82. The fraction of sp³-hybridized carbons (Fsp3) is 0.273. The molecular weight excluding hydrogens is 476 g/mol. The quantitative estimate of drug-likeness (QED) is 0.485. The lowest BCUT2D eigenvalue weighted by Crippen LogP contribution is -2.59. The predicted molar refractivity (Wildman–Crippen MR) is 124 cm³/mol. The summed E-state index contributed by atoms with van der Waals surface area (Å²) in [7, 11) is 18.4. The van der Waals surface area contributed by atoms with Crippen molar-refractivity contribution >= 4 is 58.8 Å². The first kappa shape index (κ1) is 25.0. The number of imide groups is 1. The second-order valence-electron chi connectivity index (χ2n) is 8.30. The lowest BCUT2D eigenvalue weighted by Gasteiger charge is -2.40. The second-order valence-corrected chi connectivity index (χ2v) is 8.74. The molecule has 2 aromatic rings. The number of carbonyl (C=O) groups is 4. The van der Waals surface area contributed by atoms with Crippen LogP contribution in [-0.4, -0.2) is 58.1 Å². The van der Waals surface area contributed by atoms with E-state index in [9.17, 15) is 28.0 Å². The van der Waals surface area contributed by atoms with Crippen molar-refractivity contribution in [3.05, 3.63) is 69.7 Å². The van der Waals surface area contributed by atoms with Crippen LogP contribution in [0.1, 0.15) is 45.8 Å². The molecule has 35 heavy (non-hydrogen) atoms. The molecule has 2 aliphatic heterocycles. The molecule has 7 nitrogen and oxygen atoms in total. The first-order valence-electron chi connectivity index (χ1n) is 10.4. The van der Waals surface area contributed by atoms with Gasteiger partial charge in [0.15, 0.2) is 0 Å². The van der Waals surface area contributed by atoms with Gasteiger partial charge in [0, 0.05) is 28.5 Å². The lowest BCUT2D eigenvalue weighted by atomic mass is 9.57. The highest BCUT2D eigenvalue weighted by molar-refractivity contribution is 6.43. The van der Waals surface area contributed by atoms with E-state index < -0.39 is 52.4 Å². The summed E-state index contributed by atoms with van der Waals surface area (Å²) >= 11 is 5.71. The van der Waals surface area contributed by atoms with Crippen molar-refractivity contribution in [2.75, 3.05) is 0 Å². The van der Waals surface area contributed by atoms with Gasteiger partial charge < -0.3 is 10.2 Å². The SMILES string of the molecule is [B]C(NC(=O)C(F)(F)c1ccc(Cl)cc1)c1ccc2c(c1)C([B])([B])N(C1CCC(=O)NC1=O)C2=O. The molecule has 0 aromatic heterocycles. The molecule has 0 bridgehead atoms. The van der Waals surface area contributed by atoms with Crippen molar-refractivity contribution in [1.29, 1.82) is 0 Å². The monoisotopic (exact) mass is 491 g/mol. The number of rotatable bonds is 5. The smallest absolute Gasteiger partial charge is 0.349 e. The first-order valence-corrected chi connectivity index (χ1v) is 10.8. The van der Waals surface area contributed by atoms with E-state index in [-0.39, 0.29) is 34.6 Å². The van der Waals surface area contributed by atoms with Crippen molar-refractivity contribution in [1.82, 2.24) is 15.5 Å². The fourth-order valence-corrected chi connectivity index (χ4v) is 4.26. The van der Waals surface area contributed by atoms with Gasteiger partial charge in [0.25, 0.3) is 11.8 Å². The van der Waals surface area contributed by atoms with Gasteiger partial charge in [0.1, 0.15) is 13.9 Å². The number of fused-ring (bicyclic) bond motifs is 1. The van der Waals surface area contributed by atoms with Gasteiger partial charge in [-0.05, 0) is 41.1 Å². The Bertz CT molecular complexity index is 1240. The number of halogens is 3. The zero-order chi connectivity index (χ0) is 25.7. The van der Waals surface area contributed by atoms with Crippen LogP contribution >= 0.6 is 11.6 Å². The number of hydrogen-bond donors (Lipinski definition) is 2. The Morgan fingerprint density at radius 1 is 1.17 bits per heavy atom. The number of amides is 4. The summed E-state index contributed by atoms with van der Waals surface area (Å²) in [6, 6.07) is 7.41. The first-order chi connectivity index (χ1) is 16.3. The summed E-state index contributed by atoms with van der Waals surface area (Å²) in [5.74, 6) is -8.78. The van der Waals surface area contributed by atoms with E-state index in [1.54, 1.807) is 0 Å². The van der Waals surface area contributed by atoms with Gasteiger partial charge in [-0.2, -0.15) is 8.78 Å². The van der Waals surface area contributed by atoms with E-state index in [0.717, 1.165) is 17.0 Å².